The van der Waals surface area contributed by atoms with E-state index in [2.05, 4.69) is 66.9 Å². The van der Waals surface area contributed by atoms with E-state index in [0.717, 1.165) is 55.2 Å². The van der Waals surface area contributed by atoms with Gasteiger partial charge in [0.2, 0.25) is 0 Å². The third kappa shape index (κ3) is 4.55. The summed E-state index contributed by atoms with van der Waals surface area (Å²) in [5.74, 6) is 0.835. The Morgan fingerprint density at radius 2 is 1.81 bits per heavy atom. The number of aryl methyl sites for hydroxylation is 1. The average Bonchev–Trinajstić information content (AvgIpc) is 2.84. The van der Waals surface area contributed by atoms with Gasteiger partial charge in [-0.25, -0.2) is 4.98 Å². The summed E-state index contributed by atoms with van der Waals surface area (Å²) in [6, 6.07) is 19.2. The Morgan fingerprint density at radius 1 is 0.969 bits per heavy atom. The fourth-order valence-electron chi connectivity index (χ4n) is 4.42. The van der Waals surface area contributed by atoms with Gasteiger partial charge in [0.1, 0.15) is 5.82 Å². The lowest BCUT2D eigenvalue weighted by Crippen LogP contribution is -2.43. The number of para-hydroxylation sites is 1. The molecule has 1 saturated heterocycles. The highest BCUT2D eigenvalue weighted by Gasteiger charge is 2.23. The van der Waals surface area contributed by atoms with Crippen LogP contribution in [0.4, 0.5) is 17.2 Å². The highest BCUT2D eigenvalue weighted by Crippen LogP contribution is 2.30. The second-order valence-electron chi connectivity index (χ2n) is 8.32. The van der Waals surface area contributed by atoms with Gasteiger partial charge in [0, 0.05) is 53.6 Å². The first kappa shape index (κ1) is 20.4. The minimum Gasteiger partial charge on any atom is -0.363 e. The van der Waals surface area contributed by atoms with Crippen LogP contribution < -0.4 is 15.5 Å². The van der Waals surface area contributed by atoms with Crippen LogP contribution in [0.25, 0.3) is 10.9 Å². The SMILES string of the molecule is Cc1cc(Nc2ccc(CN(c3ccnc4ccccc34)C3CCNCC3)cn2)ccn1. The van der Waals surface area contributed by atoms with Crippen molar-refractivity contribution in [1.82, 2.24) is 20.3 Å². The predicted molar refractivity (Wildman–Crippen MR) is 130 cm³/mol. The normalized spacial score (nSPS) is 14.4. The summed E-state index contributed by atoms with van der Waals surface area (Å²) in [6.45, 7) is 4.91. The van der Waals surface area contributed by atoms with Crippen LogP contribution in [0.5, 0.6) is 0 Å². The summed E-state index contributed by atoms with van der Waals surface area (Å²) in [5, 5.41) is 8.06. The molecule has 1 aliphatic heterocycles. The van der Waals surface area contributed by atoms with Crippen molar-refractivity contribution in [3.8, 4) is 0 Å². The first-order chi connectivity index (χ1) is 15.8. The lowest BCUT2D eigenvalue weighted by atomic mass is 10.0. The number of piperidine rings is 1. The molecule has 2 N–H and O–H groups in total. The molecule has 0 atom stereocenters. The standard InChI is InChI=1S/C26H28N6/c1-19-16-21(8-14-28-19)31-26-7-6-20(17-30-26)18-32(22-9-12-27-13-10-22)25-11-15-29-24-5-3-2-4-23(24)25/h2-8,11,14-17,22,27H,9-10,12-13,18H2,1H3,(H,28,30,31). The molecule has 4 aromatic rings. The second-order valence-corrected chi connectivity index (χ2v) is 8.32. The molecule has 5 rings (SSSR count). The molecular formula is C26H28N6. The van der Waals surface area contributed by atoms with E-state index >= 15 is 0 Å². The minimum absolute atomic E-state index is 0.486. The average molecular weight is 425 g/mol. The smallest absolute Gasteiger partial charge is 0.130 e. The minimum atomic E-state index is 0.486. The highest BCUT2D eigenvalue weighted by molar-refractivity contribution is 5.91. The molecule has 4 heterocycles. The Bertz CT molecular complexity index is 1180. The molecule has 0 bridgehead atoms. The molecule has 32 heavy (non-hydrogen) atoms. The summed E-state index contributed by atoms with van der Waals surface area (Å²) in [7, 11) is 0. The largest absolute Gasteiger partial charge is 0.363 e. The molecule has 3 aromatic heterocycles. The maximum atomic E-state index is 4.67. The zero-order valence-electron chi connectivity index (χ0n) is 18.3. The molecule has 0 aliphatic carbocycles. The molecule has 0 unspecified atom stereocenters. The zero-order chi connectivity index (χ0) is 21.8. The van der Waals surface area contributed by atoms with Crippen LogP contribution in [-0.4, -0.2) is 34.1 Å². The molecule has 0 spiro atoms. The van der Waals surface area contributed by atoms with Crippen molar-refractivity contribution >= 4 is 28.1 Å². The van der Waals surface area contributed by atoms with Gasteiger partial charge in [-0.05, 0) is 68.8 Å². The lowest BCUT2D eigenvalue weighted by molar-refractivity contribution is 0.428. The third-order valence-electron chi connectivity index (χ3n) is 6.03. The lowest BCUT2D eigenvalue weighted by Gasteiger charge is -2.37. The van der Waals surface area contributed by atoms with Gasteiger partial charge in [-0.1, -0.05) is 24.3 Å². The summed E-state index contributed by atoms with van der Waals surface area (Å²) in [5.41, 5.74) is 5.46. The van der Waals surface area contributed by atoms with Crippen molar-refractivity contribution in [3.05, 3.63) is 84.4 Å². The fourth-order valence-corrected chi connectivity index (χ4v) is 4.42. The second kappa shape index (κ2) is 9.32. The van der Waals surface area contributed by atoms with E-state index in [1.54, 1.807) is 0 Å². The number of aromatic nitrogens is 3. The number of benzene rings is 1. The number of pyridine rings is 3. The van der Waals surface area contributed by atoms with Gasteiger partial charge in [0.05, 0.1) is 5.52 Å². The van der Waals surface area contributed by atoms with Crippen LogP contribution in [0.3, 0.4) is 0 Å². The molecule has 0 radical (unpaired) electrons. The van der Waals surface area contributed by atoms with Crippen LogP contribution in [-0.2, 0) is 6.54 Å². The molecule has 1 aliphatic rings. The number of fused-ring (bicyclic) bond motifs is 1. The van der Waals surface area contributed by atoms with Gasteiger partial charge >= 0.3 is 0 Å². The van der Waals surface area contributed by atoms with Crippen molar-refractivity contribution in [1.29, 1.82) is 0 Å². The van der Waals surface area contributed by atoms with E-state index in [9.17, 15) is 0 Å². The molecule has 0 amide bonds. The number of hydrogen-bond donors (Lipinski definition) is 2. The van der Waals surface area contributed by atoms with Crippen LogP contribution in [0, 0.1) is 6.92 Å². The van der Waals surface area contributed by atoms with Gasteiger partial charge in [0.25, 0.3) is 0 Å². The van der Waals surface area contributed by atoms with Gasteiger partial charge in [-0.3, -0.25) is 9.97 Å². The first-order valence-corrected chi connectivity index (χ1v) is 11.2. The highest BCUT2D eigenvalue weighted by atomic mass is 15.2. The molecule has 162 valence electrons. The van der Waals surface area contributed by atoms with Gasteiger partial charge in [0.15, 0.2) is 0 Å². The molecular weight excluding hydrogens is 396 g/mol. The van der Waals surface area contributed by atoms with Crippen LogP contribution in [0.1, 0.15) is 24.1 Å². The Kier molecular flexibility index (Phi) is 5.94. The van der Waals surface area contributed by atoms with Crippen molar-refractivity contribution in [2.75, 3.05) is 23.3 Å². The van der Waals surface area contributed by atoms with Crippen LogP contribution in [0.2, 0.25) is 0 Å². The van der Waals surface area contributed by atoms with Crippen molar-refractivity contribution < 1.29 is 0 Å². The zero-order valence-corrected chi connectivity index (χ0v) is 18.3. The molecule has 6 heteroatoms. The number of nitrogens with zero attached hydrogens (tertiary/aromatic N) is 4. The van der Waals surface area contributed by atoms with Crippen LogP contribution in [0.15, 0.2) is 73.2 Å². The monoisotopic (exact) mass is 424 g/mol. The topological polar surface area (TPSA) is 66.0 Å². The quantitative estimate of drug-likeness (QED) is 0.462. The summed E-state index contributed by atoms with van der Waals surface area (Å²) >= 11 is 0. The van der Waals surface area contributed by atoms with Crippen molar-refractivity contribution in [3.63, 3.8) is 0 Å². The molecule has 0 saturated carbocycles. The third-order valence-corrected chi connectivity index (χ3v) is 6.03. The van der Waals surface area contributed by atoms with E-state index in [-0.39, 0.29) is 0 Å². The molecule has 6 nitrogen and oxygen atoms in total. The maximum absolute atomic E-state index is 4.67. The van der Waals surface area contributed by atoms with Gasteiger partial charge < -0.3 is 15.5 Å². The number of nitrogens with one attached hydrogen (secondary N) is 2. The molecule has 1 aromatic carbocycles. The van der Waals surface area contributed by atoms with E-state index in [0.29, 0.717) is 6.04 Å². The molecule has 1 fully saturated rings. The van der Waals surface area contributed by atoms with E-state index in [1.807, 2.05) is 43.7 Å². The summed E-state index contributed by atoms with van der Waals surface area (Å²) < 4.78 is 0. The van der Waals surface area contributed by atoms with Crippen LogP contribution >= 0.6 is 0 Å². The maximum Gasteiger partial charge on any atom is 0.130 e. The summed E-state index contributed by atoms with van der Waals surface area (Å²) in [4.78, 5) is 16.0. The Balaban J connectivity index is 1.41. The fraction of sp³-hybridized carbons (Fsp3) is 0.269. The van der Waals surface area contributed by atoms with Crippen molar-refractivity contribution in [2.24, 2.45) is 0 Å². The van der Waals surface area contributed by atoms with E-state index < -0.39 is 0 Å². The first-order valence-electron chi connectivity index (χ1n) is 11.2. The predicted octanol–water partition coefficient (Wildman–Crippen LogP) is 4.84. The number of anilines is 3. The Labute approximate surface area is 188 Å². The number of rotatable bonds is 6. The Hall–Kier alpha value is -3.51. The van der Waals surface area contributed by atoms with Crippen molar-refractivity contribution in [2.45, 2.75) is 32.4 Å². The Morgan fingerprint density at radius 3 is 2.62 bits per heavy atom. The van der Waals surface area contributed by atoms with E-state index in [1.165, 1.54) is 16.6 Å². The van der Waals surface area contributed by atoms with E-state index in [4.69, 9.17) is 0 Å². The number of hydrogen-bond acceptors (Lipinski definition) is 6. The van der Waals surface area contributed by atoms with Gasteiger partial charge in [-0.2, -0.15) is 0 Å². The van der Waals surface area contributed by atoms with Gasteiger partial charge in [-0.15, -0.1) is 0 Å². The summed E-state index contributed by atoms with van der Waals surface area (Å²) in [6.07, 6.45) is 7.97.